The number of carbonyl (C=O) groups excluding carboxylic acids is 1. The second-order valence-electron chi connectivity index (χ2n) is 5.63. The van der Waals surface area contributed by atoms with Gasteiger partial charge in [-0.05, 0) is 49.4 Å². The number of rotatable bonds is 4. The summed E-state index contributed by atoms with van der Waals surface area (Å²) in [5.41, 5.74) is 2.15. The zero-order valence-corrected chi connectivity index (χ0v) is 11.8. The van der Waals surface area contributed by atoms with Crippen molar-refractivity contribution in [3.05, 3.63) is 24.3 Å². The van der Waals surface area contributed by atoms with Crippen LogP contribution in [0.5, 0.6) is 0 Å². The first-order valence-electron chi connectivity index (χ1n) is 7.55. The molecule has 3 rings (SSSR count). The number of amides is 1. The molecule has 4 heteroatoms. The summed E-state index contributed by atoms with van der Waals surface area (Å²) in [6.07, 6.45) is 3.95. The van der Waals surface area contributed by atoms with Crippen LogP contribution < -0.4 is 10.2 Å². The van der Waals surface area contributed by atoms with E-state index in [4.69, 9.17) is 4.74 Å². The Morgan fingerprint density at radius 1 is 1.20 bits per heavy atom. The lowest BCUT2D eigenvalue weighted by Crippen LogP contribution is -2.24. The van der Waals surface area contributed by atoms with Gasteiger partial charge in [-0.15, -0.1) is 0 Å². The van der Waals surface area contributed by atoms with Crippen LogP contribution in [0.3, 0.4) is 0 Å². The van der Waals surface area contributed by atoms with Crippen molar-refractivity contribution in [1.29, 1.82) is 0 Å². The first kappa shape index (κ1) is 13.4. The topological polar surface area (TPSA) is 41.6 Å². The highest BCUT2D eigenvalue weighted by Gasteiger charge is 2.21. The van der Waals surface area contributed by atoms with Gasteiger partial charge < -0.3 is 15.0 Å². The summed E-state index contributed by atoms with van der Waals surface area (Å²) >= 11 is 0. The van der Waals surface area contributed by atoms with Gasteiger partial charge in [0.2, 0.25) is 5.91 Å². The number of nitrogens with one attached hydrogen (secondary N) is 1. The van der Waals surface area contributed by atoms with Gasteiger partial charge in [-0.3, -0.25) is 4.79 Å². The Bertz CT molecular complexity index is 452. The third kappa shape index (κ3) is 3.12. The standard InChI is InChI=1S/C16H22N2O2/c19-16-2-1-9-18(16)15-5-3-14(4-6-15)17-12-13-7-10-20-11-8-13/h3-6,13,17H,1-2,7-12H2. The van der Waals surface area contributed by atoms with Gasteiger partial charge in [0.25, 0.3) is 0 Å². The highest BCUT2D eigenvalue weighted by molar-refractivity contribution is 5.95. The van der Waals surface area contributed by atoms with Crippen LogP contribution in [0.1, 0.15) is 25.7 Å². The number of hydrogen-bond donors (Lipinski definition) is 1. The van der Waals surface area contributed by atoms with Crippen molar-refractivity contribution in [2.75, 3.05) is 36.5 Å². The molecule has 4 nitrogen and oxygen atoms in total. The smallest absolute Gasteiger partial charge is 0.227 e. The van der Waals surface area contributed by atoms with Crippen LogP contribution in [0, 0.1) is 5.92 Å². The van der Waals surface area contributed by atoms with E-state index in [1.165, 1.54) is 0 Å². The maximum Gasteiger partial charge on any atom is 0.227 e. The molecule has 1 amide bonds. The Balaban J connectivity index is 1.54. The van der Waals surface area contributed by atoms with Crippen molar-refractivity contribution in [2.24, 2.45) is 5.92 Å². The van der Waals surface area contributed by atoms with Crippen LogP contribution >= 0.6 is 0 Å². The zero-order chi connectivity index (χ0) is 13.8. The average Bonchev–Trinajstić information content (AvgIpc) is 2.93. The summed E-state index contributed by atoms with van der Waals surface area (Å²) in [5.74, 6) is 0.955. The fourth-order valence-corrected chi connectivity index (χ4v) is 2.89. The van der Waals surface area contributed by atoms with Gasteiger partial charge in [-0.2, -0.15) is 0 Å². The van der Waals surface area contributed by atoms with Crippen molar-refractivity contribution >= 4 is 17.3 Å². The van der Waals surface area contributed by atoms with E-state index in [0.717, 1.165) is 56.9 Å². The van der Waals surface area contributed by atoms with E-state index in [-0.39, 0.29) is 5.91 Å². The fourth-order valence-electron chi connectivity index (χ4n) is 2.89. The molecule has 2 fully saturated rings. The second kappa shape index (κ2) is 6.27. The number of ether oxygens (including phenoxy) is 1. The van der Waals surface area contributed by atoms with E-state index >= 15 is 0 Å². The summed E-state index contributed by atoms with van der Waals surface area (Å²) in [6, 6.07) is 8.21. The molecule has 0 spiro atoms. The minimum Gasteiger partial charge on any atom is -0.385 e. The lowest BCUT2D eigenvalue weighted by molar-refractivity contribution is -0.117. The van der Waals surface area contributed by atoms with Crippen LogP contribution in [0.2, 0.25) is 0 Å². The lowest BCUT2D eigenvalue weighted by Gasteiger charge is -2.23. The maximum absolute atomic E-state index is 11.7. The third-order valence-electron chi connectivity index (χ3n) is 4.19. The second-order valence-corrected chi connectivity index (χ2v) is 5.63. The molecule has 2 heterocycles. The molecule has 108 valence electrons. The highest BCUT2D eigenvalue weighted by Crippen LogP contribution is 2.23. The van der Waals surface area contributed by atoms with Gasteiger partial charge >= 0.3 is 0 Å². The third-order valence-corrected chi connectivity index (χ3v) is 4.19. The molecular weight excluding hydrogens is 252 g/mol. The monoisotopic (exact) mass is 274 g/mol. The molecule has 2 aliphatic heterocycles. The fraction of sp³-hybridized carbons (Fsp3) is 0.562. The van der Waals surface area contributed by atoms with Gasteiger partial charge in [0.05, 0.1) is 0 Å². The van der Waals surface area contributed by atoms with Crippen LogP contribution in [-0.4, -0.2) is 32.2 Å². The number of nitrogens with zero attached hydrogens (tertiary/aromatic N) is 1. The SMILES string of the molecule is O=C1CCCN1c1ccc(NCC2CCOCC2)cc1. The molecule has 2 aliphatic rings. The molecule has 1 aromatic carbocycles. The van der Waals surface area contributed by atoms with Crippen molar-refractivity contribution < 1.29 is 9.53 Å². The van der Waals surface area contributed by atoms with Gasteiger partial charge in [0, 0.05) is 44.1 Å². The predicted molar refractivity (Wildman–Crippen MR) is 80.1 cm³/mol. The van der Waals surface area contributed by atoms with E-state index in [0.29, 0.717) is 12.3 Å². The van der Waals surface area contributed by atoms with E-state index in [2.05, 4.69) is 17.4 Å². The number of hydrogen-bond acceptors (Lipinski definition) is 3. The highest BCUT2D eigenvalue weighted by atomic mass is 16.5. The van der Waals surface area contributed by atoms with Gasteiger partial charge in [-0.25, -0.2) is 0 Å². The summed E-state index contributed by atoms with van der Waals surface area (Å²) in [7, 11) is 0. The Morgan fingerprint density at radius 2 is 1.95 bits per heavy atom. The molecule has 1 N–H and O–H groups in total. The zero-order valence-electron chi connectivity index (χ0n) is 11.8. The number of benzene rings is 1. The molecule has 0 saturated carbocycles. The van der Waals surface area contributed by atoms with E-state index < -0.39 is 0 Å². The Labute approximate surface area is 120 Å². The average molecular weight is 274 g/mol. The predicted octanol–water partition coefficient (Wildman–Crippen LogP) is 2.65. The summed E-state index contributed by atoms with van der Waals surface area (Å²) in [6.45, 7) is 3.64. The van der Waals surface area contributed by atoms with Gasteiger partial charge in [0.15, 0.2) is 0 Å². The summed E-state index contributed by atoms with van der Waals surface area (Å²) in [5, 5.41) is 3.48. The normalized spacial score (nSPS) is 20.4. The molecule has 20 heavy (non-hydrogen) atoms. The minimum absolute atomic E-state index is 0.243. The molecule has 0 bridgehead atoms. The van der Waals surface area contributed by atoms with Crippen molar-refractivity contribution in [3.63, 3.8) is 0 Å². The molecule has 2 saturated heterocycles. The molecule has 0 radical (unpaired) electrons. The van der Waals surface area contributed by atoms with Crippen molar-refractivity contribution in [1.82, 2.24) is 0 Å². The first-order chi connectivity index (χ1) is 9.83. The minimum atomic E-state index is 0.243. The van der Waals surface area contributed by atoms with Crippen LogP contribution in [0.15, 0.2) is 24.3 Å². The molecule has 1 aromatic rings. The largest absolute Gasteiger partial charge is 0.385 e. The van der Waals surface area contributed by atoms with E-state index in [9.17, 15) is 4.79 Å². The lowest BCUT2D eigenvalue weighted by atomic mass is 10.0. The molecule has 0 aliphatic carbocycles. The van der Waals surface area contributed by atoms with Crippen LogP contribution in [0.25, 0.3) is 0 Å². The van der Waals surface area contributed by atoms with Crippen molar-refractivity contribution in [3.8, 4) is 0 Å². The molecule has 0 unspecified atom stereocenters. The van der Waals surface area contributed by atoms with Crippen LogP contribution in [0.4, 0.5) is 11.4 Å². The Hall–Kier alpha value is -1.55. The number of carbonyl (C=O) groups is 1. The Kier molecular flexibility index (Phi) is 4.21. The number of anilines is 2. The summed E-state index contributed by atoms with van der Waals surface area (Å²) in [4.78, 5) is 13.6. The first-order valence-corrected chi connectivity index (χ1v) is 7.55. The Morgan fingerprint density at radius 3 is 2.60 bits per heavy atom. The molecular formula is C16H22N2O2. The molecule has 0 aromatic heterocycles. The van der Waals surface area contributed by atoms with E-state index in [1.807, 2.05) is 17.0 Å². The molecule has 0 atom stereocenters. The van der Waals surface area contributed by atoms with Crippen LogP contribution in [-0.2, 0) is 9.53 Å². The van der Waals surface area contributed by atoms with E-state index in [1.54, 1.807) is 0 Å². The van der Waals surface area contributed by atoms with Gasteiger partial charge in [0.1, 0.15) is 0 Å². The summed E-state index contributed by atoms with van der Waals surface area (Å²) < 4.78 is 5.37. The van der Waals surface area contributed by atoms with Gasteiger partial charge in [-0.1, -0.05) is 0 Å². The maximum atomic E-state index is 11.7. The van der Waals surface area contributed by atoms with Crippen molar-refractivity contribution in [2.45, 2.75) is 25.7 Å². The quantitative estimate of drug-likeness (QED) is 0.917.